The SMILES string of the molecule is CCOc1ccc(S(=O)(=O)NCCCc2ccc(N3CCCCC3)cc2)cc1C. The number of ether oxygens (including phenoxy) is 1. The Kier molecular flexibility index (Phi) is 7.56. The molecule has 2 aromatic rings. The first kappa shape index (κ1) is 21.7. The fourth-order valence-corrected chi connectivity index (χ4v) is 4.87. The van der Waals surface area contributed by atoms with Crippen molar-refractivity contribution in [2.75, 3.05) is 31.1 Å². The molecule has 0 unspecified atom stereocenters. The van der Waals surface area contributed by atoms with Gasteiger partial charge in [-0.25, -0.2) is 13.1 Å². The third-order valence-electron chi connectivity index (χ3n) is 5.35. The second kappa shape index (κ2) is 10.1. The minimum atomic E-state index is -3.50. The number of anilines is 1. The van der Waals surface area contributed by atoms with E-state index in [2.05, 4.69) is 33.9 Å². The van der Waals surface area contributed by atoms with Crippen molar-refractivity contribution in [3.63, 3.8) is 0 Å². The van der Waals surface area contributed by atoms with Gasteiger partial charge < -0.3 is 9.64 Å². The molecule has 1 N–H and O–H groups in total. The normalized spacial score (nSPS) is 14.8. The van der Waals surface area contributed by atoms with Gasteiger partial charge in [0.15, 0.2) is 0 Å². The van der Waals surface area contributed by atoms with Gasteiger partial charge in [-0.3, -0.25) is 0 Å². The molecule has 0 amide bonds. The summed E-state index contributed by atoms with van der Waals surface area (Å²) in [5, 5.41) is 0. The van der Waals surface area contributed by atoms with E-state index < -0.39 is 10.0 Å². The van der Waals surface area contributed by atoms with E-state index >= 15 is 0 Å². The Morgan fingerprint density at radius 3 is 2.41 bits per heavy atom. The number of nitrogens with zero attached hydrogens (tertiary/aromatic N) is 1. The summed E-state index contributed by atoms with van der Waals surface area (Å²) >= 11 is 0. The lowest BCUT2D eigenvalue weighted by molar-refractivity contribution is 0.337. The molecule has 1 fully saturated rings. The predicted octanol–water partition coefficient (Wildman–Crippen LogP) is 4.30. The highest BCUT2D eigenvalue weighted by Crippen LogP contribution is 2.22. The van der Waals surface area contributed by atoms with Gasteiger partial charge in [0.2, 0.25) is 10.0 Å². The van der Waals surface area contributed by atoms with Gasteiger partial charge in [0.25, 0.3) is 0 Å². The maximum absolute atomic E-state index is 12.5. The molecule has 0 aliphatic carbocycles. The van der Waals surface area contributed by atoms with Crippen molar-refractivity contribution < 1.29 is 13.2 Å². The van der Waals surface area contributed by atoms with Gasteiger partial charge >= 0.3 is 0 Å². The number of hydrogen-bond donors (Lipinski definition) is 1. The summed E-state index contributed by atoms with van der Waals surface area (Å²) in [6.07, 6.45) is 5.50. The van der Waals surface area contributed by atoms with Crippen LogP contribution in [0.2, 0.25) is 0 Å². The van der Waals surface area contributed by atoms with Gasteiger partial charge in [-0.15, -0.1) is 0 Å². The fraction of sp³-hybridized carbons (Fsp3) is 0.478. The number of rotatable bonds is 9. The Labute approximate surface area is 175 Å². The molecule has 1 aliphatic rings. The summed E-state index contributed by atoms with van der Waals surface area (Å²) in [5.74, 6) is 0.722. The second-order valence-electron chi connectivity index (χ2n) is 7.58. The molecule has 0 bridgehead atoms. The number of benzene rings is 2. The Bertz CT molecular complexity index is 889. The first-order valence-corrected chi connectivity index (χ1v) is 12.0. The molecular weight excluding hydrogens is 384 g/mol. The van der Waals surface area contributed by atoms with Gasteiger partial charge in [0.05, 0.1) is 11.5 Å². The van der Waals surface area contributed by atoms with Crippen molar-refractivity contribution in [1.82, 2.24) is 4.72 Å². The first-order chi connectivity index (χ1) is 14.0. The van der Waals surface area contributed by atoms with Crippen LogP contribution >= 0.6 is 0 Å². The Hall–Kier alpha value is -2.05. The van der Waals surface area contributed by atoms with E-state index in [0.717, 1.165) is 37.2 Å². The molecule has 0 radical (unpaired) electrons. The smallest absolute Gasteiger partial charge is 0.240 e. The topological polar surface area (TPSA) is 58.6 Å². The predicted molar refractivity (Wildman–Crippen MR) is 118 cm³/mol. The third-order valence-corrected chi connectivity index (χ3v) is 6.81. The molecular formula is C23H32N2O3S. The molecule has 3 rings (SSSR count). The van der Waals surface area contributed by atoms with Crippen molar-refractivity contribution in [1.29, 1.82) is 0 Å². The molecule has 2 aromatic carbocycles. The van der Waals surface area contributed by atoms with E-state index in [1.165, 1.54) is 30.5 Å². The lowest BCUT2D eigenvalue weighted by Crippen LogP contribution is -2.29. The van der Waals surface area contributed by atoms with Crippen molar-refractivity contribution >= 4 is 15.7 Å². The molecule has 1 heterocycles. The standard InChI is InChI=1S/C23H32N2O3S/c1-3-28-23-14-13-22(18-19(23)2)29(26,27)24-15-7-8-20-9-11-21(12-10-20)25-16-5-4-6-17-25/h9-14,18,24H,3-8,15-17H2,1-2H3. The zero-order chi connectivity index (χ0) is 20.7. The number of hydrogen-bond acceptors (Lipinski definition) is 4. The molecule has 1 saturated heterocycles. The molecule has 0 spiro atoms. The first-order valence-electron chi connectivity index (χ1n) is 10.6. The Morgan fingerprint density at radius 2 is 1.76 bits per heavy atom. The minimum Gasteiger partial charge on any atom is -0.494 e. The maximum atomic E-state index is 12.5. The Balaban J connectivity index is 1.48. The summed E-state index contributed by atoms with van der Waals surface area (Å²) in [4.78, 5) is 2.73. The highest BCUT2D eigenvalue weighted by molar-refractivity contribution is 7.89. The average molecular weight is 417 g/mol. The number of nitrogens with one attached hydrogen (secondary N) is 1. The molecule has 0 saturated carbocycles. The molecule has 5 nitrogen and oxygen atoms in total. The molecule has 6 heteroatoms. The van der Waals surface area contributed by atoms with Gasteiger partial charge in [-0.05, 0) is 87.4 Å². The van der Waals surface area contributed by atoms with Gasteiger partial charge in [0.1, 0.15) is 5.75 Å². The van der Waals surface area contributed by atoms with Gasteiger partial charge in [-0.1, -0.05) is 12.1 Å². The van der Waals surface area contributed by atoms with E-state index in [0.29, 0.717) is 13.2 Å². The maximum Gasteiger partial charge on any atom is 0.240 e. The number of piperidine rings is 1. The van der Waals surface area contributed by atoms with E-state index in [1.54, 1.807) is 18.2 Å². The van der Waals surface area contributed by atoms with Crippen LogP contribution < -0.4 is 14.4 Å². The molecule has 158 valence electrons. The summed E-state index contributed by atoms with van der Waals surface area (Å²) in [5.41, 5.74) is 3.35. The summed E-state index contributed by atoms with van der Waals surface area (Å²) < 4.78 is 33.2. The quantitative estimate of drug-likeness (QED) is 0.620. The highest BCUT2D eigenvalue weighted by Gasteiger charge is 2.15. The fourth-order valence-electron chi connectivity index (χ4n) is 3.71. The van der Waals surface area contributed by atoms with Crippen LogP contribution in [0, 0.1) is 6.92 Å². The van der Waals surface area contributed by atoms with Crippen molar-refractivity contribution in [2.24, 2.45) is 0 Å². The number of sulfonamides is 1. The monoisotopic (exact) mass is 416 g/mol. The third kappa shape index (κ3) is 5.97. The minimum absolute atomic E-state index is 0.282. The van der Waals surface area contributed by atoms with E-state index in [1.807, 2.05) is 13.8 Å². The van der Waals surface area contributed by atoms with E-state index in [9.17, 15) is 8.42 Å². The second-order valence-corrected chi connectivity index (χ2v) is 9.34. The number of aryl methyl sites for hydroxylation is 2. The lowest BCUT2D eigenvalue weighted by atomic mass is 10.1. The zero-order valence-corrected chi connectivity index (χ0v) is 18.3. The molecule has 1 aliphatic heterocycles. The van der Waals surface area contributed by atoms with Crippen molar-refractivity contribution in [3.05, 3.63) is 53.6 Å². The highest BCUT2D eigenvalue weighted by atomic mass is 32.2. The zero-order valence-electron chi connectivity index (χ0n) is 17.5. The molecule has 29 heavy (non-hydrogen) atoms. The lowest BCUT2D eigenvalue weighted by Gasteiger charge is -2.28. The summed E-state index contributed by atoms with van der Waals surface area (Å²) in [6.45, 7) is 7.04. The van der Waals surface area contributed by atoms with Crippen LogP contribution in [0.4, 0.5) is 5.69 Å². The van der Waals surface area contributed by atoms with Crippen LogP contribution in [0.25, 0.3) is 0 Å². The van der Waals surface area contributed by atoms with Crippen LogP contribution in [0.3, 0.4) is 0 Å². The largest absolute Gasteiger partial charge is 0.494 e. The van der Waals surface area contributed by atoms with E-state index in [-0.39, 0.29) is 4.90 Å². The summed E-state index contributed by atoms with van der Waals surface area (Å²) in [7, 11) is -3.50. The summed E-state index contributed by atoms with van der Waals surface area (Å²) in [6, 6.07) is 13.7. The Morgan fingerprint density at radius 1 is 1.03 bits per heavy atom. The van der Waals surface area contributed by atoms with Crippen LogP contribution in [0.15, 0.2) is 47.4 Å². The average Bonchev–Trinajstić information content (AvgIpc) is 2.74. The van der Waals surface area contributed by atoms with Crippen LogP contribution in [0.5, 0.6) is 5.75 Å². The molecule has 0 aromatic heterocycles. The van der Waals surface area contributed by atoms with Crippen LogP contribution in [-0.4, -0.2) is 34.7 Å². The van der Waals surface area contributed by atoms with Crippen LogP contribution in [-0.2, 0) is 16.4 Å². The van der Waals surface area contributed by atoms with Gasteiger partial charge in [0, 0.05) is 25.3 Å². The van der Waals surface area contributed by atoms with Crippen LogP contribution in [0.1, 0.15) is 43.7 Å². The van der Waals surface area contributed by atoms with Gasteiger partial charge in [-0.2, -0.15) is 0 Å². The van der Waals surface area contributed by atoms with Crippen molar-refractivity contribution in [3.8, 4) is 5.75 Å². The van der Waals surface area contributed by atoms with E-state index in [4.69, 9.17) is 4.74 Å². The van der Waals surface area contributed by atoms with Crippen molar-refractivity contribution in [2.45, 2.75) is 50.8 Å². The molecule has 0 atom stereocenters.